The average Bonchev–Trinajstić information content (AvgIpc) is 2.24. The number of hydrogen-bond acceptors (Lipinski definition) is 5. The molecule has 0 unspecified atom stereocenters. The molecule has 20 heavy (non-hydrogen) atoms. The van der Waals surface area contributed by atoms with Crippen LogP contribution in [-0.2, 0) is 32.1 Å². The van der Waals surface area contributed by atoms with Gasteiger partial charge in [-0.3, -0.25) is 4.79 Å². The summed E-state index contributed by atoms with van der Waals surface area (Å²) in [5, 5.41) is 8.41. The number of unbranched alkanes of at least 4 members (excludes halogenated alkanes) is 8. The molecule has 8 heteroatoms. The number of carbonyl (C=O) groups is 1. The largest absolute Gasteiger partial charge is 0.668 e. The van der Waals surface area contributed by atoms with E-state index in [1.807, 2.05) is 0 Å². The second-order valence-corrected chi connectivity index (χ2v) is 5.77. The Morgan fingerprint density at radius 1 is 0.800 bits per heavy atom. The summed E-state index contributed by atoms with van der Waals surface area (Å²) in [5.41, 5.74) is 0. The minimum absolute atomic E-state index is 0. The third kappa shape index (κ3) is 42.9. The molecule has 0 saturated heterocycles. The SMILES string of the molecule is CCCCCCCCCCCC(=O)O.O[Si](O)(O)O.[Cd]. The van der Waals surface area contributed by atoms with E-state index in [-0.39, 0.29) is 27.3 Å². The fourth-order valence-electron chi connectivity index (χ4n) is 1.59. The third-order valence-corrected chi connectivity index (χ3v) is 2.49. The zero-order valence-corrected chi connectivity index (χ0v) is 17.5. The smallest absolute Gasteiger partial charge is 0.481 e. The molecule has 0 fully saturated rings. The molecule has 0 bridgehead atoms. The summed E-state index contributed by atoms with van der Waals surface area (Å²) in [4.78, 5) is 39.5. The Bertz CT molecular complexity index is 205. The van der Waals surface area contributed by atoms with Crippen LogP contribution in [0.2, 0.25) is 0 Å². The first-order valence-electron chi connectivity index (χ1n) is 6.88. The van der Waals surface area contributed by atoms with Crippen molar-refractivity contribution in [3.63, 3.8) is 0 Å². The molecule has 0 spiro atoms. The molecule has 0 aromatic heterocycles. The average molecular weight is 409 g/mol. The van der Waals surface area contributed by atoms with Crippen molar-refractivity contribution in [2.24, 2.45) is 0 Å². The van der Waals surface area contributed by atoms with Gasteiger partial charge in [0.25, 0.3) is 0 Å². The molecule has 0 aliphatic rings. The van der Waals surface area contributed by atoms with Crippen molar-refractivity contribution >= 4 is 15.0 Å². The molecular weight excluding hydrogens is 381 g/mol. The van der Waals surface area contributed by atoms with E-state index in [2.05, 4.69) is 6.92 Å². The monoisotopic (exact) mass is 410 g/mol. The van der Waals surface area contributed by atoms with Crippen molar-refractivity contribution in [3.05, 3.63) is 0 Å². The van der Waals surface area contributed by atoms with E-state index in [4.69, 9.17) is 24.3 Å². The molecule has 0 saturated carbocycles. The Balaban J connectivity index is -0.000000414. The Kier molecular flexibility index (Phi) is 22.2. The summed E-state index contributed by atoms with van der Waals surface area (Å²) in [6.07, 6.45) is 11.5. The van der Waals surface area contributed by atoms with Gasteiger partial charge in [0.15, 0.2) is 0 Å². The van der Waals surface area contributed by atoms with E-state index in [9.17, 15) is 4.79 Å². The van der Waals surface area contributed by atoms with Gasteiger partial charge in [-0.2, -0.15) is 0 Å². The van der Waals surface area contributed by atoms with E-state index >= 15 is 0 Å². The molecule has 0 amide bonds. The summed E-state index contributed by atoms with van der Waals surface area (Å²) < 4.78 is 0. The maximum Gasteiger partial charge on any atom is 0.668 e. The fraction of sp³-hybridized carbons (Fsp3) is 0.917. The van der Waals surface area contributed by atoms with Gasteiger partial charge in [0.05, 0.1) is 0 Å². The van der Waals surface area contributed by atoms with E-state index in [0.29, 0.717) is 6.42 Å². The maximum atomic E-state index is 10.2. The molecule has 0 radical (unpaired) electrons. The molecule has 6 nitrogen and oxygen atoms in total. The molecule has 118 valence electrons. The summed E-state index contributed by atoms with van der Waals surface area (Å²) in [7, 11) is -4.61. The molecular formula is C12H28CdO6Si. The van der Waals surface area contributed by atoms with Crippen molar-refractivity contribution < 1.29 is 56.4 Å². The fourth-order valence-corrected chi connectivity index (χ4v) is 1.59. The molecule has 0 aromatic carbocycles. The van der Waals surface area contributed by atoms with Crippen LogP contribution in [-0.4, -0.2) is 39.3 Å². The molecule has 0 rings (SSSR count). The summed E-state index contributed by atoms with van der Waals surface area (Å²) in [6.45, 7) is 2.23. The van der Waals surface area contributed by atoms with Gasteiger partial charge < -0.3 is 24.3 Å². The first-order valence-corrected chi connectivity index (χ1v) is 8.67. The minimum Gasteiger partial charge on any atom is -0.481 e. The van der Waals surface area contributed by atoms with Gasteiger partial charge in [-0.15, -0.1) is 0 Å². The van der Waals surface area contributed by atoms with E-state index in [0.717, 1.165) is 12.8 Å². The number of rotatable bonds is 10. The summed E-state index contributed by atoms with van der Waals surface area (Å²) >= 11 is 0. The normalized spacial score (nSPS) is 10.2. The van der Waals surface area contributed by atoms with Crippen LogP contribution >= 0.6 is 0 Å². The van der Waals surface area contributed by atoms with Crippen molar-refractivity contribution in [1.29, 1.82) is 0 Å². The molecule has 0 aromatic rings. The van der Waals surface area contributed by atoms with Crippen LogP contribution in [0.4, 0.5) is 0 Å². The number of carboxylic acid groups (broad SMARTS) is 1. The standard InChI is InChI=1S/C12H24O2.Cd.H4O4Si/c1-2-3-4-5-6-7-8-9-10-11-12(13)14;;1-5(2,3)4/h2-11H2,1H3,(H,13,14);;1-4H. The Morgan fingerprint density at radius 2 is 1.10 bits per heavy atom. The first-order chi connectivity index (χ1) is 8.77. The van der Waals surface area contributed by atoms with Crippen LogP contribution in [0.1, 0.15) is 71.1 Å². The Morgan fingerprint density at radius 3 is 1.40 bits per heavy atom. The van der Waals surface area contributed by atoms with Gasteiger partial charge in [0.2, 0.25) is 0 Å². The van der Waals surface area contributed by atoms with E-state index in [1.54, 1.807) is 0 Å². The minimum atomic E-state index is -4.61. The van der Waals surface area contributed by atoms with Gasteiger partial charge in [-0.05, 0) is 6.42 Å². The van der Waals surface area contributed by atoms with Crippen LogP contribution in [0.25, 0.3) is 0 Å². The number of aliphatic carboxylic acids is 1. The molecule has 0 aliphatic carbocycles. The third-order valence-electron chi connectivity index (χ3n) is 2.49. The quantitative estimate of drug-likeness (QED) is 0.275. The van der Waals surface area contributed by atoms with Gasteiger partial charge in [0, 0.05) is 33.7 Å². The van der Waals surface area contributed by atoms with Crippen LogP contribution < -0.4 is 0 Å². The van der Waals surface area contributed by atoms with E-state index < -0.39 is 15.0 Å². The van der Waals surface area contributed by atoms with Crippen molar-refractivity contribution in [1.82, 2.24) is 0 Å². The van der Waals surface area contributed by atoms with Gasteiger partial charge in [-0.25, -0.2) is 0 Å². The second-order valence-electron chi connectivity index (χ2n) is 4.57. The van der Waals surface area contributed by atoms with Crippen molar-refractivity contribution in [2.45, 2.75) is 71.1 Å². The predicted molar refractivity (Wildman–Crippen MR) is 74.1 cm³/mol. The predicted octanol–water partition coefficient (Wildman–Crippen LogP) is 1.38. The number of hydrogen-bond donors (Lipinski definition) is 5. The maximum absolute atomic E-state index is 10.2. The first kappa shape index (κ1) is 25.4. The topological polar surface area (TPSA) is 118 Å². The molecule has 5 N–H and O–H groups in total. The summed E-state index contributed by atoms with van der Waals surface area (Å²) in [5.74, 6) is -0.659. The molecule has 0 aliphatic heterocycles. The second kappa shape index (κ2) is 17.5. The van der Waals surface area contributed by atoms with Gasteiger partial charge >= 0.3 is 15.0 Å². The zero-order valence-electron chi connectivity index (χ0n) is 12.4. The summed E-state index contributed by atoms with van der Waals surface area (Å²) in [6, 6.07) is 0. The molecule has 0 atom stereocenters. The van der Waals surface area contributed by atoms with Gasteiger partial charge in [-0.1, -0.05) is 58.3 Å². The van der Waals surface area contributed by atoms with Crippen LogP contribution in [0.15, 0.2) is 0 Å². The van der Waals surface area contributed by atoms with Crippen molar-refractivity contribution in [2.75, 3.05) is 0 Å². The number of carboxylic acids is 1. The van der Waals surface area contributed by atoms with Crippen molar-refractivity contribution in [3.8, 4) is 0 Å². The molecule has 0 heterocycles. The van der Waals surface area contributed by atoms with Crippen LogP contribution in [0, 0.1) is 0 Å². The van der Waals surface area contributed by atoms with Crippen LogP contribution in [0.5, 0.6) is 0 Å². The zero-order chi connectivity index (χ0) is 15.1. The Hall–Kier alpha value is 0.449. The van der Waals surface area contributed by atoms with E-state index in [1.165, 1.54) is 44.9 Å². The Labute approximate surface area is 142 Å². The van der Waals surface area contributed by atoms with Crippen LogP contribution in [0.3, 0.4) is 0 Å². The van der Waals surface area contributed by atoms with Gasteiger partial charge in [0.1, 0.15) is 0 Å².